The van der Waals surface area contributed by atoms with Crippen LogP contribution >= 0.6 is 23.4 Å². The molecule has 0 bridgehead atoms. The molecule has 1 atom stereocenters. The monoisotopic (exact) mass is 312 g/mol. The van der Waals surface area contributed by atoms with Crippen LogP contribution in [0.2, 0.25) is 5.28 Å². The molecule has 2 heterocycles. The zero-order valence-corrected chi connectivity index (χ0v) is 13.3. The van der Waals surface area contributed by atoms with E-state index in [0.717, 1.165) is 12.2 Å². The van der Waals surface area contributed by atoms with Crippen molar-refractivity contribution in [3.63, 3.8) is 0 Å². The Morgan fingerprint density at radius 3 is 2.80 bits per heavy atom. The first-order chi connectivity index (χ1) is 9.65. The predicted molar refractivity (Wildman–Crippen MR) is 82.8 cm³/mol. The van der Waals surface area contributed by atoms with E-state index in [1.54, 1.807) is 28.8 Å². The molecule has 0 aliphatic rings. The van der Waals surface area contributed by atoms with E-state index in [1.807, 2.05) is 18.0 Å². The minimum absolute atomic E-state index is 0.173. The number of rotatable bonds is 6. The van der Waals surface area contributed by atoms with Gasteiger partial charge in [0.05, 0.1) is 0 Å². The Morgan fingerprint density at radius 2 is 2.20 bits per heavy atom. The molecule has 0 aromatic carbocycles. The Balaban J connectivity index is 2.32. The Hall–Kier alpha value is -1.34. The lowest BCUT2D eigenvalue weighted by Gasteiger charge is -2.26. The molecule has 2 aromatic rings. The van der Waals surface area contributed by atoms with Gasteiger partial charge >= 0.3 is 0 Å². The number of hydrogen-bond acceptors (Lipinski definition) is 6. The van der Waals surface area contributed by atoms with Crippen molar-refractivity contribution in [2.24, 2.45) is 0 Å². The van der Waals surface area contributed by atoms with Gasteiger partial charge in [-0.25, -0.2) is 4.68 Å². The molecule has 0 amide bonds. The summed E-state index contributed by atoms with van der Waals surface area (Å²) in [5.41, 5.74) is 0. The standard InChI is InChI=1S/C12H17ClN6S/c1-4-9(8-20-3)18(2)11-15-10(13)16-12(17-11)19-7-5-6-14-19/h5-7,9H,4,8H2,1-3H3. The summed E-state index contributed by atoms with van der Waals surface area (Å²) in [6.07, 6.45) is 6.54. The molecule has 20 heavy (non-hydrogen) atoms. The maximum atomic E-state index is 6.00. The zero-order chi connectivity index (χ0) is 14.5. The van der Waals surface area contributed by atoms with Gasteiger partial charge in [0.15, 0.2) is 0 Å². The Morgan fingerprint density at radius 1 is 1.40 bits per heavy atom. The zero-order valence-electron chi connectivity index (χ0n) is 11.7. The number of halogens is 1. The Labute approximate surface area is 127 Å². The molecule has 0 saturated heterocycles. The lowest BCUT2D eigenvalue weighted by molar-refractivity contribution is 0.650. The van der Waals surface area contributed by atoms with Crippen LogP contribution in [0.5, 0.6) is 0 Å². The maximum absolute atomic E-state index is 6.00. The van der Waals surface area contributed by atoms with E-state index >= 15 is 0 Å². The van der Waals surface area contributed by atoms with Crippen molar-refractivity contribution in [1.82, 2.24) is 24.7 Å². The van der Waals surface area contributed by atoms with Crippen molar-refractivity contribution >= 4 is 29.3 Å². The van der Waals surface area contributed by atoms with Crippen molar-refractivity contribution < 1.29 is 0 Å². The molecule has 0 radical (unpaired) electrons. The summed E-state index contributed by atoms with van der Waals surface area (Å²) >= 11 is 7.80. The minimum Gasteiger partial charge on any atom is -0.340 e. The molecule has 0 spiro atoms. The number of aromatic nitrogens is 5. The summed E-state index contributed by atoms with van der Waals surface area (Å²) in [5.74, 6) is 2.00. The SMILES string of the molecule is CCC(CSC)N(C)c1nc(Cl)nc(-n2cccn2)n1. The Bertz CT molecular complexity index is 547. The predicted octanol–water partition coefficient (Wildman–Crippen LogP) is 2.29. The molecule has 8 heteroatoms. The van der Waals surface area contributed by atoms with Crippen LogP contribution in [-0.4, -0.2) is 49.8 Å². The topological polar surface area (TPSA) is 59.7 Å². The number of anilines is 1. The summed E-state index contributed by atoms with van der Waals surface area (Å²) < 4.78 is 1.57. The van der Waals surface area contributed by atoms with Gasteiger partial charge in [0, 0.05) is 31.2 Å². The van der Waals surface area contributed by atoms with E-state index in [-0.39, 0.29) is 5.28 Å². The van der Waals surface area contributed by atoms with E-state index < -0.39 is 0 Å². The van der Waals surface area contributed by atoms with Crippen LogP contribution in [0.15, 0.2) is 18.5 Å². The first kappa shape index (κ1) is 15.1. The quantitative estimate of drug-likeness (QED) is 0.815. The average Bonchev–Trinajstić information content (AvgIpc) is 2.97. The first-order valence-corrected chi connectivity index (χ1v) is 8.06. The molecule has 108 valence electrons. The molecular weight excluding hydrogens is 296 g/mol. The van der Waals surface area contributed by atoms with Crippen LogP contribution in [0.25, 0.3) is 5.95 Å². The Kier molecular flexibility index (Phi) is 5.19. The summed E-state index contributed by atoms with van der Waals surface area (Å²) in [7, 11) is 1.98. The largest absolute Gasteiger partial charge is 0.340 e. The fourth-order valence-electron chi connectivity index (χ4n) is 1.84. The number of hydrogen-bond donors (Lipinski definition) is 0. The van der Waals surface area contributed by atoms with E-state index in [0.29, 0.717) is 17.9 Å². The summed E-state index contributed by atoms with van der Waals surface area (Å²) in [5, 5.41) is 4.28. The molecule has 0 aliphatic heterocycles. The van der Waals surface area contributed by atoms with Crippen LogP contribution < -0.4 is 4.90 Å². The highest BCUT2D eigenvalue weighted by Crippen LogP contribution is 2.17. The second-order valence-electron chi connectivity index (χ2n) is 4.28. The van der Waals surface area contributed by atoms with Crippen molar-refractivity contribution in [1.29, 1.82) is 0 Å². The summed E-state index contributed by atoms with van der Waals surface area (Å²) in [4.78, 5) is 14.8. The van der Waals surface area contributed by atoms with Crippen molar-refractivity contribution in [3.05, 3.63) is 23.7 Å². The third-order valence-electron chi connectivity index (χ3n) is 2.99. The van der Waals surface area contributed by atoms with Gasteiger partial charge in [-0.15, -0.1) is 0 Å². The highest BCUT2D eigenvalue weighted by atomic mass is 35.5. The van der Waals surface area contributed by atoms with Crippen LogP contribution in [0, 0.1) is 0 Å². The maximum Gasteiger partial charge on any atom is 0.256 e. The molecule has 6 nitrogen and oxygen atoms in total. The first-order valence-electron chi connectivity index (χ1n) is 6.29. The third-order valence-corrected chi connectivity index (χ3v) is 3.87. The van der Waals surface area contributed by atoms with Gasteiger partial charge in [-0.3, -0.25) is 0 Å². The van der Waals surface area contributed by atoms with Crippen LogP contribution in [0.3, 0.4) is 0 Å². The lowest BCUT2D eigenvalue weighted by atomic mass is 10.2. The molecule has 2 rings (SSSR count). The second-order valence-corrected chi connectivity index (χ2v) is 5.53. The molecule has 0 fully saturated rings. The lowest BCUT2D eigenvalue weighted by Crippen LogP contribution is -2.34. The van der Waals surface area contributed by atoms with Crippen LogP contribution in [-0.2, 0) is 0 Å². The van der Waals surface area contributed by atoms with Gasteiger partial charge in [0.2, 0.25) is 11.2 Å². The molecule has 1 unspecified atom stereocenters. The van der Waals surface area contributed by atoms with Crippen molar-refractivity contribution in [2.45, 2.75) is 19.4 Å². The third kappa shape index (κ3) is 3.40. The van der Waals surface area contributed by atoms with E-state index in [4.69, 9.17) is 11.6 Å². The molecule has 2 aromatic heterocycles. The van der Waals surface area contributed by atoms with Gasteiger partial charge in [-0.1, -0.05) is 6.92 Å². The van der Waals surface area contributed by atoms with E-state index in [1.165, 1.54) is 0 Å². The van der Waals surface area contributed by atoms with Gasteiger partial charge in [-0.2, -0.15) is 31.8 Å². The number of thioether (sulfide) groups is 1. The van der Waals surface area contributed by atoms with E-state index in [2.05, 4.69) is 33.2 Å². The molecule has 0 N–H and O–H groups in total. The molecule has 0 saturated carbocycles. The van der Waals surface area contributed by atoms with Crippen molar-refractivity contribution in [2.75, 3.05) is 24.0 Å². The van der Waals surface area contributed by atoms with Gasteiger partial charge in [0.25, 0.3) is 5.95 Å². The molecular formula is C12H17ClN6S. The number of nitrogens with zero attached hydrogens (tertiary/aromatic N) is 6. The van der Waals surface area contributed by atoms with Gasteiger partial charge < -0.3 is 4.90 Å². The normalized spacial score (nSPS) is 12.4. The smallest absolute Gasteiger partial charge is 0.256 e. The van der Waals surface area contributed by atoms with E-state index in [9.17, 15) is 0 Å². The van der Waals surface area contributed by atoms with Gasteiger partial charge in [0.1, 0.15) is 0 Å². The fourth-order valence-corrected chi connectivity index (χ4v) is 2.83. The highest BCUT2D eigenvalue weighted by Gasteiger charge is 2.17. The minimum atomic E-state index is 0.173. The second kappa shape index (κ2) is 6.90. The van der Waals surface area contributed by atoms with Crippen molar-refractivity contribution in [3.8, 4) is 5.95 Å². The fraction of sp³-hybridized carbons (Fsp3) is 0.500. The summed E-state index contributed by atoms with van der Waals surface area (Å²) in [6, 6.07) is 2.16. The van der Waals surface area contributed by atoms with Crippen LogP contribution in [0.1, 0.15) is 13.3 Å². The summed E-state index contributed by atoms with van der Waals surface area (Å²) in [6.45, 7) is 2.15. The van der Waals surface area contributed by atoms with Crippen LogP contribution in [0.4, 0.5) is 5.95 Å². The van der Waals surface area contributed by atoms with Gasteiger partial charge in [-0.05, 0) is 30.3 Å². The molecule has 0 aliphatic carbocycles. The average molecular weight is 313 g/mol. The highest BCUT2D eigenvalue weighted by molar-refractivity contribution is 7.98.